The molecule has 0 bridgehead atoms. The van der Waals surface area contributed by atoms with Crippen molar-refractivity contribution in [3.05, 3.63) is 34.5 Å². The number of nitrogens with one attached hydrogen (secondary N) is 1. The Labute approximate surface area is 162 Å². The van der Waals surface area contributed by atoms with E-state index in [2.05, 4.69) is 61.7 Å². The van der Waals surface area contributed by atoms with E-state index in [0.29, 0.717) is 12.6 Å². The molecule has 2 aliphatic rings. The van der Waals surface area contributed by atoms with E-state index in [1.807, 2.05) is 0 Å². The van der Waals surface area contributed by atoms with Gasteiger partial charge in [0.05, 0.1) is 11.2 Å². The van der Waals surface area contributed by atoms with Crippen molar-refractivity contribution in [2.45, 2.75) is 25.3 Å². The van der Waals surface area contributed by atoms with Gasteiger partial charge in [-0.2, -0.15) is 16.5 Å². The minimum Gasteiger partial charge on any atom is -0.368 e. The Kier molecular flexibility index (Phi) is 4.33. The Bertz CT molecular complexity index is 1050. The molecular formula is C20H22N6S. The van der Waals surface area contributed by atoms with E-state index in [4.69, 9.17) is 4.98 Å². The zero-order valence-electron chi connectivity index (χ0n) is 15.4. The third-order valence-electron chi connectivity index (χ3n) is 5.65. The number of hydrogen-bond donors (Lipinski definition) is 1. The number of likely N-dealkylation sites (tertiary alicyclic amines) is 1. The van der Waals surface area contributed by atoms with Gasteiger partial charge >= 0.3 is 0 Å². The van der Waals surface area contributed by atoms with Gasteiger partial charge in [-0.15, -0.1) is 5.10 Å². The highest BCUT2D eigenvalue weighted by Crippen LogP contribution is 2.33. The van der Waals surface area contributed by atoms with Gasteiger partial charge in [-0.1, -0.05) is 18.6 Å². The number of piperidine rings is 1. The summed E-state index contributed by atoms with van der Waals surface area (Å²) in [5.41, 5.74) is 2.95. The Hall–Kier alpha value is -2.38. The van der Waals surface area contributed by atoms with Gasteiger partial charge in [0.25, 0.3) is 0 Å². The van der Waals surface area contributed by atoms with Crippen LogP contribution in [0.4, 0.5) is 5.82 Å². The molecule has 6 nitrogen and oxygen atoms in total. The lowest BCUT2D eigenvalue weighted by Gasteiger charge is -2.32. The number of rotatable bonds is 4. The lowest BCUT2D eigenvalue weighted by atomic mass is 10.0. The molecule has 1 saturated heterocycles. The van der Waals surface area contributed by atoms with Crippen molar-refractivity contribution >= 4 is 44.5 Å². The molecule has 1 N–H and O–H groups in total. The Balaban J connectivity index is 1.51. The van der Waals surface area contributed by atoms with Crippen LogP contribution in [0, 0.1) is 0 Å². The molecule has 5 rings (SSSR count). The molecule has 0 radical (unpaired) electrons. The molecule has 2 aliphatic heterocycles. The maximum Gasteiger partial charge on any atom is 0.135 e. The number of nitrogens with zero attached hydrogens (tertiary/aromatic N) is 5. The number of pyridine rings is 1. The van der Waals surface area contributed by atoms with Gasteiger partial charge in [-0.3, -0.25) is 0 Å². The summed E-state index contributed by atoms with van der Waals surface area (Å²) >= 11 is 1.73. The fraction of sp³-hybridized carbons (Fsp3) is 0.400. The van der Waals surface area contributed by atoms with Crippen LogP contribution >= 0.6 is 11.3 Å². The number of fused-ring (bicyclic) bond motifs is 3. The molecule has 0 saturated carbocycles. The van der Waals surface area contributed by atoms with Crippen molar-refractivity contribution in [2.75, 3.05) is 32.0 Å². The van der Waals surface area contributed by atoms with Crippen LogP contribution in [-0.4, -0.2) is 48.3 Å². The first-order chi connectivity index (χ1) is 13.3. The largest absolute Gasteiger partial charge is 0.368 e. The van der Waals surface area contributed by atoms with Crippen molar-refractivity contribution < 1.29 is 0 Å². The first kappa shape index (κ1) is 16.8. The third kappa shape index (κ3) is 3.11. The molecule has 1 atom stereocenters. The standard InChI is InChI=1S/C20H22N6S/c1-26-7-3-2-4-14(26)9-21-20-17-12-27-11-16(17)15-6-5-13(8-18(15)23-20)19-10-22-25-24-19/h5-6,8,11-12,14H,2-4,7,9-10H2,1H3,(H,21,23). The van der Waals surface area contributed by atoms with Gasteiger partial charge in [0.2, 0.25) is 0 Å². The summed E-state index contributed by atoms with van der Waals surface area (Å²) < 4.78 is 0. The summed E-state index contributed by atoms with van der Waals surface area (Å²) in [5.74, 6) is 0.984. The molecule has 138 valence electrons. The molecule has 2 aromatic heterocycles. The van der Waals surface area contributed by atoms with E-state index in [0.717, 1.165) is 29.2 Å². The highest BCUT2D eigenvalue weighted by Gasteiger charge is 2.19. The van der Waals surface area contributed by atoms with Crippen LogP contribution in [0.1, 0.15) is 24.8 Å². The minimum atomic E-state index is 0.547. The van der Waals surface area contributed by atoms with Gasteiger partial charge < -0.3 is 10.2 Å². The molecule has 1 aromatic carbocycles. The van der Waals surface area contributed by atoms with Gasteiger partial charge in [-0.25, -0.2) is 4.98 Å². The smallest absolute Gasteiger partial charge is 0.135 e. The number of anilines is 1. The van der Waals surface area contributed by atoms with Crippen LogP contribution in [0.2, 0.25) is 0 Å². The van der Waals surface area contributed by atoms with Gasteiger partial charge in [0, 0.05) is 39.7 Å². The van der Waals surface area contributed by atoms with Crippen LogP contribution in [0.3, 0.4) is 0 Å². The van der Waals surface area contributed by atoms with E-state index >= 15 is 0 Å². The topological polar surface area (TPSA) is 65.2 Å². The van der Waals surface area contributed by atoms with E-state index < -0.39 is 0 Å². The predicted molar refractivity (Wildman–Crippen MR) is 112 cm³/mol. The number of aromatic nitrogens is 1. The molecule has 4 heterocycles. The molecular weight excluding hydrogens is 356 g/mol. The quantitative estimate of drug-likeness (QED) is 0.726. The second-order valence-corrected chi connectivity index (χ2v) is 8.08. The summed E-state index contributed by atoms with van der Waals surface area (Å²) in [7, 11) is 2.23. The van der Waals surface area contributed by atoms with Crippen LogP contribution in [0.25, 0.3) is 21.7 Å². The monoisotopic (exact) mass is 378 g/mol. The summed E-state index contributed by atoms with van der Waals surface area (Å²) in [6.45, 7) is 2.67. The second kappa shape index (κ2) is 6.98. The third-order valence-corrected chi connectivity index (χ3v) is 6.39. The van der Waals surface area contributed by atoms with Crippen LogP contribution in [0.15, 0.2) is 44.4 Å². The molecule has 0 amide bonds. The maximum absolute atomic E-state index is 4.98. The highest BCUT2D eigenvalue weighted by molar-refractivity contribution is 7.09. The Morgan fingerprint density at radius 2 is 2.11 bits per heavy atom. The molecule has 0 aliphatic carbocycles. The molecule has 3 aromatic rings. The van der Waals surface area contributed by atoms with Gasteiger partial charge in [0.15, 0.2) is 0 Å². The molecule has 0 spiro atoms. The van der Waals surface area contributed by atoms with E-state index in [-0.39, 0.29) is 0 Å². The summed E-state index contributed by atoms with van der Waals surface area (Å²) in [5, 5.41) is 23.5. The van der Waals surface area contributed by atoms with Crippen molar-refractivity contribution in [3.8, 4) is 0 Å². The lowest BCUT2D eigenvalue weighted by Crippen LogP contribution is -2.40. The van der Waals surface area contributed by atoms with E-state index in [1.54, 1.807) is 11.3 Å². The molecule has 7 heteroatoms. The predicted octanol–water partition coefficient (Wildman–Crippen LogP) is 4.52. The van der Waals surface area contributed by atoms with Crippen LogP contribution < -0.4 is 5.32 Å². The Morgan fingerprint density at radius 1 is 1.19 bits per heavy atom. The fourth-order valence-corrected chi connectivity index (χ4v) is 4.85. The van der Waals surface area contributed by atoms with Crippen molar-refractivity contribution in [1.82, 2.24) is 9.88 Å². The summed E-state index contributed by atoms with van der Waals surface area (Å²) in [4.78, 5) is 7.44. The van der Waals surface area contributed by atoms with E-state index in [1.165, 1.54) is 42.0 Å². The number of likely N-dealkylation sites (N-methyl/N-ethyl adjacent to an activating group) is 1. The SMILES string of the molecule is CN1CCCCC1CNc1nc2cc(C3=NN=NC3)ccc2c2cscc12. The number of hydrogen-bond acceptors (Lipinski definition) is 7. The fourth-order valence-electron chi connectivity index (χ4n) is 4.02. The van der Waals surface area contributed by atoms with Crippen LogP contribution in [0.5, 0.6) is 0 Å². The normalized spacial score (nSPS) is 20.5. The molecule has 1 fully saturated rings. The first-order valence-corrected chi connectivity index (χ1v) is 10.4. The lowest BCUT2D eigenvalue weighted by molar-refractivity contribution is 0.194. The molecule has 27 heavy (non-hydrogen) atoms. The number of thiophene rings is 1. The van der Waals surface area contributed by atoms with Gasteiger partial charge in [0.1, 0.15) is 12.4 Å². The average molecular weight is 379 g/mol. The van der Waals surface area contributed by atoms with Crippen molar-refractivity contribution in [2.24, 2.45) is 15.4 Å². The average Bonchev–Trinajstić information content (AvgIpc) is 3.39. The van der Waals surface area contributed by atoms with Crippen molar-refractivity contribution in [3.63, 3.8) is 0 Å². The van der Waals surface area contributed by atoms with E-state index in [9.17, 15) is 0 Å². The zero-order chi connectivity index (χ0) is 18.2. The second-order valence-electron chi connectivity index (χ2n) is 7.34. The highest BCUT2D eigenvalue weighted by atomic mass is 32.1. The minimum absolute atomic E-state index is 0.547. The van der Waals surface area contributed by atoms with Crippen LogP contribution in [-0.2, 0) is 0 Å². The first-order valence-electron chi connectivity index (χ1n) is 9.47. The summed E-state index contributed by atoms with van der Waals surface area (Å²) in [6, 6.07) is 6.93. The Morgan fingerprint density at radius 3 is 2.96 bits per heavy atom. The van der Waals surface area contributed by atoms with Gasteiger partial charge in [-0.05, 0) is 43.1 Å². The number of benzene rings is 1. The van der Waals surface area contributed by atoms with Crippen molar-refractivity contribution in [1.29, 1.82) is 0 Å². The molecule has 1 unspecified atom stereocenters. The maximum atomic E-state index is 4.98. The summed E-state index contributed by atoms with van der Waals surface area (Å²) in [6.07, 6.45) is 3.87. The zero-order valence-corrected chi connectivity index (χ0v) is 16.2.